The van der Waals surface area contributed by atoms with Crippen molar-refractivity contribution in [2.75, 3.05) is 36.0 Å². The number of hydrogen-bond donors (Lipinski definition) is 1. The van der Waals surface area contributed by atoms with Crippen molar-refractivity contribution in [1.82, 2.24) is 19.9 Å². The summed E-state index contributed by atoms with van der Waals surface area (Å²) in [5.74, 6) is 1.12. The SMILES string of the molecule is O=C(Cc1ccc(-c2ccc3ncc(N4CCN(c5ccncc5)CC4)nc3c2)cc1)Cc1c[nH]c2ccccc12. The molecule has 7 heteroatoms. The molecule has 3 aromatic heterocycles. The second-order valence-electron chi connectivity index (χ2n) is 10.6. The Kier molecular flexibility index (Phi) is 6.61. The fourth-order valence-corrected chi connectivity index (χ4v) is 5.68. The van der Waals surface area contributed by atoms with Crippen molar-refractivity contribution in [2.24, 2.45) is 0 Å². The number of carbonyl (C=O) groups excluding carboxylic acids is 1. The number of nitrogens with zero attached hydrogens (tertiary/aromatic N) is 5. The number of ketones is 1. The molecule has 6 aromatic rings. The fourth-order valence-electron chi connectivity index (χ4n) is 5.68. The van der Waals surface area contributed by atoms with E-state index in [1.165, 1.54) is 5.69 Å². The predicted molar refractivity (Wildman–Crippen MR) is 164 cm³/mol. The Hall–Kier alpha value is -5.04. The van der Waals surface area contributed by atoms with Crippen LogP contribution in [0.4, 0.5) is 11.5 Å². The molecular weight excluding hydrogens is 508 g/mol. The van der Waals surface area contributed by atoms with Gasteiger partial charge in [0, 0.05) is 74.2 Å². The maximum atomic E-state index is 12.8. The highest BCUT2D eigenvalue weighted by Crippen LogP contribution is 2.26. The van der Waals surface area contributed by atoms with Gasteiger partial charge in [-0.15, -0.1) is 0 Å². The Morgan fingerprint density at radius 1 is 0.780 bits per heavy atom. The first kappa shape index (κ1) is 25.0. The van der Waals surface area contributed by atoms with Gasteiger partial charge in [0.2, 0.25) is 0 Å². The normalized spacial score (nSPS) is 13.7. The zero-order chi connectivity index (χ0) is 27.6. The van der Waals surface area contributed by atoms with E-state index in [-0.39, 0.29) is 5.78 Å². The summed E-state index contributed by atoms with van der Waals surface area (Å²) in [5, 5.41) is 1.12. The van der Waals surface area contributed by atoms with Gasteiger partial charge in [-0.25, -0.2) is 4.98 Å². The average Bonchev–Trinajstić information content (AvgIpc) is 3.44. The standard InChI is InChI=1S/C34H30N6O/c41-29(20-27-22-36-31-4-2-1-3-30(27)31)19-24-5-7-25(8-6-24)26-9-10-32-33(21-26)38-34(23-37-32)40-17-15-39(16-18-40)28-11-13-35-14-12-28/h1-14,21-23,36H,15-20H2. The van der Waals surface area contributed by atoms with Crippen LogP contribution in [-0.2, 0) is 17.6 Å². The Labute approximate surface area is 238 Å². The monoisotopic (exact) mass is 538 g/mol. The summed E-state index contributed by atoms with van der Waals surface area (Å²) in [6.07, 6.45) is 8.35. The topological polar surface area (TPSA) is 78.0 Å². The molecule has 0 unspecified atom stereocenters. The summed E-state index contributed by atoms with van der Waals surface area (Å²) >= 11 is 0. The molecule has 0 amide bonds. The second kappa shape index (κ2) is 10.8. The number of para-hydroxylation sites is 1. The molecule has 7 rings (SSSR count). The van der Waals surface area contributed by atoms with Crippen molar-refractivity contribution >= 4 is 39.2 Å². The predicted octanol–water partition coefficient (Wildman–Crippen LogP) is 5.85. The summed E-state index contributed by atoms with van der Waals surface area (Å²) in [5.41, 5.74) is 8.29. The van der Waals surface area contributed by atoms with Crippen LogP contribution in [0.1, 0.15) is 11.1 Å². The van der Waals surface area contributed by atoms with E-state index < -0.39 is 0 Å². The van der Waals surface area contributed by atoms with Crippen LogP contribution in [0.15, 0.2) is 104 Å². The van der Waals surface area contributed by atoms with Crippen molar-refractivity contribution in [3.63, 3.8) is 0 Å². The average molecular weight is 539 g/mol. The Morgan fingerprint density at radius 3 is 2.37 bits per heavy atom. The van der Waals surface area contributed by atoms with E-state index in [0.29, 0.717) is 12.8 Å². The van der Waals surface area contributed by atoms with Crippen molar-refractivity contribution in [3.8, 4) is 11.1 Å². The fraction of sp³-hybridized carbons (Fsp3) is 0.176. The molecule has 4 heterocycles. The minimum atomic E-state index is 0.206. The van der Waals surface area contributed by atoms with Crippen molar-refractivity contribution in [2.45, 2.75) is 12.8 Å². The van der Waals surface area contributed by atoms with Gasteiger partial charge >= 0.3 is 0 Å². The van der Waals surface area contributed by atoms with Crippen LogP contribution >= 0.6 is 0 Å². The van der Waals surface area contributed by atoms with Gasteiger partial charge in [0.25, 0.3) is 0 Å². The molecular formula is C34H30N6O. The molecule has 0 saturated carbocycles. The number of fused-ring (bicyclic) bond motifs is 2. The van der Waals surface area contributed by atoms with Crippen LogP contribution in [-0.4, -0.2) is 51.9 Å². The number of aromatic amines is 1. The lowest BCUT2D eigenvalue weighted by molar-refractivity contribution is -0.117. The lowest BCUT2D eigenvalue weighted by Crippen LogP contribution is -2.46. The molecule has 0 atom stereocenters. The van der Waals surface area contributed by atoms with Gasteiger partial charge in [-0.2, -0.15) is 0 Å². The number of H-pyrrole nitrogens is 1. The van der Waals surface area contributed by atoms with Crippen LogP contribution in [0.25, 0.3) is 33.1 Å². The lowest BCUT2D eigenvalue weighted by Gasteiger charge is -2.36. The molecule has 1 fully saturated rings. The van der Waals surface area contributed by atoms with Gasteiger partial charge in [-0.3, -0.25) is 14.8 Å². The number of piperazine rings is 1. The van der Waals surface area contributed by atoms with E-state index in [9.17, 15) is 4.79 Å². The number of aromatic nitrogens is 4. The number of anilines is 2. The van der Waals surface area contributed by atoms with E-state index >= 15 is 0 Å². The van der Waals surface area contributed by atoms with E-state index in [2.05, 4.69) is 74.4 Å². The minimum absolute atomic E-state index is 0.206. The summed E-state index contributed by atoms with van der Waals surface area (Å²) in [7, 11) is 0. The first-order chi connectivity index (χ1) is 20.2. The van der Waals surface area contributed by atoms with E-state index in [1.54, 1.807) is 0 Å². The van der Waals surface area contributed by atoms with Crippen LogP contribution in [0.5, 0.6) is 0 Å². The third-order valence-corrected chi connectivity index (χ3v) is 7.91. The molecule has 0 spiro atoms. The Morgan fingerprint density at radius 2 is 1.54 bits per heavy atom. The second-order valence-corrected chi connectivity index (χ2v) is 10.6. The minimum Gasteiger partial charge on any atom is -0.368 e. The van der Waals surface area contributed by atoms with E-state index in [4.69, 9.17) is 9.97 Å². The number of carbonyl (C=O) groups is 1. The summed E-state index contributed by atoms with van der Waals surface area (Å²) < 4.78 is 0. The molecule has 0 radical (unpaired) electrons. The van der Waals surface area contributed by atoms with Crippen molar-refractivity contribution in [3.05, 3.63) is 115 Å². The summed E-state index contributed by atoms with van der Waals surface area (Å²) in [6, 6.07) is 26.7. The van der Waals surface area contributed by atoms with E-state index in [0.717, 1.165) is 76.2 Å². The molecule has 1 aliphatic rings. The number of benzene rings is 3. The third kappa shape index (κ3) is 5.26. The Bertz CT molecular complexity index is 1820. The van der Waals surface area contributed by atoms with Gasteiger partial charge in [-0.1, -0.05) is 48.5 Å². The highest BCUT2D eigenvalue weighted by Gasteiger charge is 2.19. The number of Topliss-reactive ketones (excluding diaryl/α,β-unsaturated/α-hetero) is 1. The van der Waals surface area contributed by atoms with Crippen molar-refractivity contribution in [1.29, 1.82) is 0 Å². The third-order valence-electron chi connectivity index (χ3n) is 7.91. The molecule has 0 aliphatic carbocycles. The number of hydrogen-bond acceptors (Lipinski definition) is 6. The zero-order valence-corrected chi connectivity index (χ0v) is 22.7. The smallest absolute Gasteiger partial charge is 0.147 e. The number of rotatable bonds is 7. The lowest BCUT2D eigenvalue weighted by atomic mass is 9.99. The maximum absolute atomic E-state index is 12.8. The molecule has 41 heavy (non-hydrogen) atoms. The van der Waals surface area contributed by atoms with Gasteiger partial charge in [-0.05, 0) is 52.6 Å². The van der Waals surface area contributed by atoms with Gasteiger partial charge in [0.1, 0.15) is 11.6 Å². The molecule has 0 bridgehead atoms. The van der Waals surface area contributed by atoms with Crippen LogP contribution in [0.2, 0.25) is 0 Å². The molecule has 1 saturated heterocycles. The molecule has 1 N–H and O–H groups in total. The van der Waals surface area contributed by atoms with Crippen LogP contribution in [0, 0.1) is 0 Å². The Balaban J connectivity index is 1.03. The summed E-state index contributed by atoms with van der Waals surface area (Å²) in [4.78, 5) is 34.6. The largest absolute Gasteiger partial charge is 0.368 e. The van der Waals surface area contributed by atoms with Gasteiger partial charge in [0.05, 0.1) is 17.2 Å². The number of nitrogens with one attached hydrogen (secondary N) is 1. The highest BCUT2D eigenvalue weighted by atomic mass is 16.1. The van der Waals surface area contributed by atoms with Crippen molar-refractivity contribution < 1.29 is 4.79 Å². The molecule has 3 aromatic carbocycles. The van der Waals surface area contributed by atoms with Gasteiger partial charge in [0.15, 0.2) is 0 Å². The molecule has 1 aliphatic heterocycles. The molecule has 202 valence electrons. The van der Waals surface area contributed by atoms with Gasteiger partial charge < -0.3 is 14.8 Å². The highest BCUT2D eigenvalue weighted by molar-refractivity contribution is 5.90. The quantitative estimate of drug-likeness (QED) is 0.275. The first-order valence-electron chi connectivity index (χ1n) is 14.0. The first-order valence-corrected chi connectivity index (χ1v) is 14.0. The maximum Gasteiger partial charge on any atom is 0.147 e. The summed E-state index contributed by atoms with van der Waals surface area (Å²) in [6.45, 7) is 3.65. The zero-order valence-electron chi connectivity index (χ0n) is 22.7. The van der Waals surface area contributed by atoms with Crippen LogP contribution in [0.3, 0.4) is 0 Å². The van der Waals surface area contributed by atoms with Crippen LogP contribution < -0.4 is 9.80 Å². The number of pyridine rings is 1. The molecule has 7 nitrogen and oxygen atoms in total. The van der Waals surface area contributed by atoms with E-state index in [1.807, 2.05) is 49.1 Å².